The van der Waals surface area contributed by atoms with Gasteiger partial charge in [-0.05, 0) is 29.7 Å². The maximum atomic E-state index is 13.0. The van der Waals surface area contributed by atoms with Gasteiger partial charge in [0.25, 0.3) is 0 Å². The Bertz CT molecular complexity index is 1040. The predicted molar refractivity (Wildman–Crippen MR) is 101 cm³/mol. The molecule has 0 saturated carbocycles. The van der Waals surface area contributed by atoms with E-state index in [1.165, 1.54) is 21.3 Å². The van der Waals surface area contributed by atoms with Gasteiger partial charge in [0, 0.05) is 0 Å². The van der Waals surface area contributed by atoms with Crippen LogP contribution >= 0.6 is 0 Å². The van der Waals surface area contributed by atoms with Crippen LogP contribution in [-0.2, 0) is 0 Å². The van der Waals surface area contributed by atoms with Crippen LogP contribution in [-0.4, -0.2) is 27.3 Å². The molecule has 0 atom stereocenters. The molecule has 138 valence electrons. The summed E-state index contributed by atoms with van der Waals surface area (Å²) in [5.41, 5.74) is -0.0791. The zero-order chi connectivity index (χ0) is 19.4. The van der Waals surface area contributed by atoms with Gasteiger partial charge >= 0.3 is 5.97 Å². The van der Waals surface area contributed by atoms with Crippen molar-refractivity contribution in [1.29, 1.82) is 0 Å². The molecule has 0 N–H and O–H groups in total. The molecule has 3 rings (SSSR count). The molecule has 0 heterocycles. The van der Waals surface area contributed by atoms with Gasteiger partial charge in [-0.15, -0.1) is 0 Å². The summed E-state index contributed by atoms with van der Waals surface area (Å²) in [5.74, 6) is -0.0205. The van der Waals surface area contributed by atoms with Gasteiger partial charge in [0.2, 0.25) is 11.2 Å². The molecule has 3 aromatic carbocycles. The van der Waals surface area contributed by atoms with Crippen LogP contribution < -0.4 is 24.4 Å². The number of carbonyl (C=O) groups is 1. The summed E-state index contributed by atoms with van der Waals surface area (Å²) < 4.78 is 21.5. The van der Waals surface area contributed by atoms with Crippen LogP contribution in [0.1, 0.15) is 10.4 Å². The molecule has 6 nitrogen and oxygen atoms in total. The van der Waals surface area contributed by atoms with Gasteiger partial charge in [-0.1, -0.05) is 30.3 Å². The Kier molecular flexibility index (Phi) is 5.26. The highest BCUT2D eigenvalue weighted by atomic mass is 16.6. The number of ether oxygens (including phenoxy) is 4. The molecule has 0 aromatic heterocycles. The second-order valence-electron chi connectivity index (χ2n) is 5.58. The number of carbonyl (C=O) groups excluding carboxylic acids is 1. The Morgan fingerprint density at radius 2 is 1.48 bits per heavy atom. The fourth-order valence-corrected chi connectivity index (χ4v) is 2.77. The molecule has 0 aliphatic heterocycles. The van der Waals surface area contributed by atoms with Crippen molar-refractivity contribution in [2.75, 3.05) is 21.3 Å². The Morgan fingerprint density at radius 1 is 0.778 bits per heavy atom. The zero-order valence-electron chi connectivity index (χ0n) is 15.1. The van der Waals surface area contributed by atoms with E-state index in [4.69, 9.17) is 18.9 Å². The van der Waals surface area contributed by atoms with Crippen molar-refractivity contribution in [3.05, 3.63) is 70.4 Å². The number of esters is 1. The van der Waals surface area contributed by atoms with Crippen LogP contribution in [0.25, 0.3) is 10.8 Å². The molecule has 0 spiro atoms. The Hall–Kier alpha value is -3.54. The van der Waals surface area contributed by atoms with Crippen molar-refractivity contribution < 1.29 is 23.7 Å². The maximum Gasteiger partial charge on any atom is 0.343 e. The summed E-state index contributed by atoms with van der Waals surface area (Å²) in [7, 11) is 4.28. The average molecular weight is 366 g/mol. The smallest absolute Gasteiger partial charge is 0.343 e. The summed E-state index contributed by atoms with van der Waals surface area (Å²) in [5, 5.41) is 0.690. The molecule has 0 saturated heterocycles. The highest BCUT2D eigenvalue weighted by Crippen LogP contribution is 2.42. The van der Waals surface area contributed by atoms with Crippen molar-refractivity contribution in [3.8, 4) is 23.0 Å². The van der Waals surface area contributed by atoms with Crippen LogP contribution in [0.4, 0.5) is 0 Å². The molecular formula is C21H18O6. The first-order valence-corrected chi connectivity index (χ1v) is 8.14. The molecule has 0 aliphatic carbocycles. The van der Waals surface area contributed by atoms with Crippen LogP contribution in [0.2, 0.25) is 0 Å². The fourth-order valence-electron chi connectivity index (χ4n) is 2.77. The number of hydrogen-bond donors (Lipinski definition) is 0. The normalized spacial score (nSPS) is 10.3. The number of methoxy groups -OCH3 is 3. The zero-order valence-corrected chi connectivity index (χ0v) is 15.1. The third-order valence-electron chi connectivity index (χ3n) is 4.05. The van der Waals surface area contributed by atoms with E-state index < -0.39 is 11.4 Å². The van der Waals surface area contributed by atoms with Gasteiger partial charge in [0.15, 0.2) is 17.2 Å². The predicted octanol–water partition coefficient (Wildman–Crippen LogP) is 3.45. The lowest BCUT2D eigenvalue weighted by molar-refractivity contribution is 0.0731. The van der Waals surface area contributed by atoms with Gasteiger partial charge in [-0.3, -0.25) is 4.79 Å². The third kappa shape index (κ3) is 3.42. The number of rotatable bonds is 5. The summed E-state index contributed by atoms with van der Waals surface area (Å²) in [6.45, 7) is 0. The minimum absolute atomic E-state index is 0.0137. The molecule has 0 fully saturated rings. The summed E-state index contributed by atoms with van der Waals surface area (Å²) >= 11 is 0. The molecule has 0 unspecified atom stereocenters. The molecule has 3 aromatic rings. The second-order valence-corrected chi connectivity index (χ2v) is 5.58. The van der Waals surface area contributed by atoms with Gasteiger partial charge in [-0.2, -0.15) is 0 Å². The van der Waals surface area contributed by atoms with E-state index in [-0.39, 0.29) is 22.6 Å². The van der Waals surface area contributed by atoms with Crippen LogP contribution in [0.5, 0.6) is 23.0 Å². The molecule has 6 heteroatoms. The van der Waals surface area contributed by atoms with Crippen molar-refractivity contribution >= 4 is 16.7 Å². The van der Waals surface area contributed by atoms with Gasteiger partial charge in [0.1, 0.15) is 0 Å². The molecule has 0 radical (unpaired) electrons. The van der Waals surface area contributed by atoms with Crippen molar-refractivity contribution in [1.82, 2.24) is 0 Å². The molecular weight excluding hydrogens is 348 g/mol. The van der Waals surface area contributed by atoms with Crippen LogP contribution in [0.15, 0.2) is 59.4 Å². The fraction of sp³-hybridized carbons (Fsp3) is 0.143. The molecule has 27 heavy (non-hydrogen) atoms. The largest absolute Gasteiger partial charge is 0.493 e. The third-order valence-corrected chi connectivity index (χ3v) is 4.05. The van der Waals surface area contributed by atoms with Crippen molar-refractivity contribution in [2.24, 2.45) is 0 Å². The average Bonchev–Trinajstić information content (AvgIpc) is 2.86. The topological polar surface area (TPSA) is 71.1 Å². The summed E-state index contributed by atoms with van der Waals surface area (Å²) in [6.07, 6.45) is 0. The minimum Gasteiger partial charge on any atom is -0.493 e. The van der Waals surface area contributed by atoms with E-state index in [0.29, 0.717) is 16.7 Å². The first kappa shape index (κ1) is 18.3. The van der Waals surface area contributed by atoms with Gasteiger partial charge in [0.05, 0.1) is 32.3 Å². The lowest BCUT2D eigenvalue weighted by atomic mass is 10.1. The Labute approximate surface area is 155 Å². The number of hydrogen-bond acceptors (Lipinski definition) is 6. The molecule has 0 bridgehead atoms. The van der Waals surface area contributed by atoms with E-state index in [1.807, 2.05) is 0 Å². The SMILES string of the molecule is COc1cc2cccc(OC)c(=O)c2c(OC(=O)c2ccccc2)c1OC. The molecule has 0 amide bonds. The monoisotopic (exact) mass is 366 g/mol. The maximum absolute atomic E-state index is 13.0. The number of fused-ring (bicyclic) bond motifs is 1. The Balaban J connectivity index is 2.32. The van der Waals surface area contributed by atoms with Gasteiger partial charge in [-0.25, -0.2) is 4.79 Å². The highest BCUT2D eigenvalue weighted by Gasteiger charge is 2.22. The van der Waals surface area contributed by atoms with E-state index >= 15 is 0 Å². The first-order valence-electron chi connectivity index (χ1n) is 8.14. The minimum atomic E-state index is -0.617. The first-order chi connectivity index (χ1) is 13.1. The number of benzene rings is 2. The highest BCUT2D eigenvalue weighted by molar-refractivity contribution is 5.98. The van der Waals surface area contributed by atoms with E-state index in [9.17, 15) is 9.59 Å². The molecule has 0 aliphatic rings. The van der Waals surface area contributed by atoms with Crippen LogP contribution in [0, 0.1) is 0 Å². The lowest BCUT2D eigenvalue weighted by Crippen LogP contribution is -2.12. The van der Waals surface area contributed by atoms with Gasteiger partial charge < -0.3 is 18.9 Å². The van der Waals surface area contributed by atoms with Crippen molar-refractivity contribution in [3.63, 3.8) is 0 Å². The van der Waals surface area contributed by atoms with Crippen molar-refractivity contribution in [2.45, 2.75) is 0 Å². The van der Waals surface area contributed by atoms with E-state index in [2.05, 4.69) is 0 Å². The quantitative estimate of drug-likeness (QED) is 0.509. The summed E-state index contributed by atoms with van der Waals surface area (Å²) in [4.78, 5) is 25.6. The van der Waals surface area contributed by atoms with E-state index in [0.717, 1.165) is 0 Å². The lowest BCUT2D eigenvalue weighted by Gasteiger charge is -2.14. The standard InChI is InChI=1S/C21H18O6/c1-24-15-11-7-10-14-12-16(25-2)19(26-3)20(17(14)18(15)22)27-21(23)13-8-5-4-6-9-13/h4-12H,1-3H3. The Morgan fingerprint density at radius 3 is 2.11 bits per heavy atom. The second kappa shape index (κ2) is 7.78. The van der Waals surface area contributed by atoms with Crippen LogP contribution in [0.3, 0.4) is 0 Å². The van der Waals surface area contributed by atoms with E-state index in [1.54, 1.807) is 54.6 Å². The summed E-state index contributed by atoms with van der Waals surface area (Å²) in [6, 6.07) is 15.1.